The fourth-order valence-electron chi connectivity index (χ4n) is 1.91. The van der Waals surface area contributed by atoms with Crippen LogP contribution in [0.5, 0.6) is 0 Å². The highest BCUT2D eigenvalue weighted by atomic mass is 19.1. The van der Waals surface area contributed by atoms with Gasteiger partial charge in [-0.2, -0.15) is 4.98 Å². The monoisotopic (exact) mass is 263 g/mol. The van der Waals surface area contributed by atoms with Crippen molar-refractivity contribution in [1.29, 1.82) is 0 Å². The van der Waals surface area contributed by atoms with Crippen LogP contribution >= 0.6 is 0 Å². The van der Waals surface area contributed by atoms with Gasteiger partial charge in [0.2, 0.25) is 5.89 Å². The Morgan fingerprint density at radius 2 is 2.05 bits per heavy atom. The molecule has 0 bridgehead atoms. The Hall–Kier alpha value is -1.75. The highest BCUT2D eigenvalue weighted by Gasteiger charge is 2.16. The van der Waals surface area contributed by atoms with Crippen LogP contribution in [0.4, 0.5) is 4.39 Å². The van der Waals surface area contributed by atoms with E-state index in [1.165, 1.54) is 6.07 Å². The molecule has 0 aliphatic heterocycles. The molecule has 0 spiro atoms. The summed E-state index contributed by atoms with van der Waals surface area (Å²) in [6.07, 6.45) is 1.09. The lowest BCUT2D eigenvalue weighted by Gasteiger charge is -2.08. The predicted molar refractivity (Wildman–Crippen MR) is 69.9 cm³/mol. The van der Waals surface area contributed by atoms with Crippen molar-refractivity contribution in [3.8, 4) is 0 Å². The zero-order valence-corrected chi connectivity index (χ0v) is 11.1. The van der Waals surface area contributed by atoms with E-state index in [0.717, 1.165) is 6.42 Å². The van der Waals surface area contributed by atoms with Crippen molar-refractivity contribution < 1.29 is 8.91 Å². The Kier molecular flexibility index (Phi) is 4.27. The van der Waals surface area contributed by atoms with E-state index in [-0.39, 0.29) is 11.9 Å². The van der Waals surface area contributed by atoms with E-state index in [1.54, 1.807) is 18.2 Å². The molecule has 1 heterocycles. The molecule has 0 saturated carbocycles. The van der Waals surface area contributed by atoms with Crippen molar-refractivity contribution in [2.45, 2.75) is 32.7 Å². The van der Waals surface area contributed by atoms with Crippen LogP contribution in [0.2, 0.25) is 0 Å². The number of rotatable bonds is 5. The maximum Gasteiger partial charge on any atom is 0.243 e. The summed E-state index contributed by atoms with van der Waals surface area (Å²) in [5.41, 5.74) is 6.51. The van der Waals surface area contributed by atoms with E-state index in [9.17, 15) is 4.39 Å². The lowest BCUT2D eigenvalue weighted by Crippen LogP contribution is -2.13. The van der Waals surface area contributed by atoms with Crippen LogP contribution in [-0.4, -0.2) is 10.1 Å². The molecule has 0 fully saturated rings. The molecule has 1 atom stereocenters. The van der Waals surface area contributed by atoms with Crippen molar-refractivity contribution in [2.75, 3.05) is 0 Å². The molecule has 1 aromatic carbocycles. The van der Waals surface area contributed by atoms with Gasteiger partial charge in [0.15, 0.2) is 5.82 Å². The topological polar surface area (TPSA) is 64.9 Å². The first-order chi connectivity index (χ1) is 9.06. The molecular formula is C14H18FN3O. The summed E-state index contributed by atoms with van der Waals surface area (Å²) in [4.78, 5) is 4.23. The molecule has 0 saturated heterocycles. The molecule has 2 aromatic rings. The molecule has 4 nitrogen and oxygen atoms in total. The first-order valence-corrected chi connectivity index (χ1v) is 6.37. The number of hydrogen-bond acceptors (Lipinski definition) is 4. The summed E-state index contributed by atoms with van der Waals surface area (Å²) >= 11 is 0. The minimum absolute atomic E-state index is 0.262. The second-order valence-electron chi connectivity index (χ2n) is 5.05. The van der Waals surface area contributed by atoms with Gasteiger partial charge in [-0.1, -0.05) is 37.2 Å². The number of hydrogen-bond donors (Lipinski definition) is 1. The summed E-state index contributed by atoms with van der Waals surface area (Å²) in [5.74, 6) is 1.07. The molecule has 2 N–H and O–H groups in total. The first kappa shape index (κ1) is 13.7. The van der Waals surface area contributed by atoms with Gasteiger partial charge in [0, 0.05) is 6.42 Å². The van der Waals surface area contributed by atoms with Gasteiger partial charge in [-0.25, -0.2) is 4.39 Å². The minimum atomic E-state index is -0.264. The Bertz CT molecular complexity index is 539. The van der Waals surface area contributed by atoms with Gasteiger partial charge >= 0.3 is 0 Å². The Morgan fingerprint density at radius 1 is 1.32 bits per heavy atom. The minimum Gasteiger partial charge on any atom is -0.338 e. The predicted octanol–water partition coefficient (Wildman–Crippen LogP) is 2.85. The highest BCUT2D eigenvalue weighted by molar-refractivity contribution is 5.20. The molecule has 0 amide bonds. The van der Waals surface area contributed by atoms with Gasteiger partial charge in [-0.05, 0) is 24.0 Å². The maximum absolute atomic E-state index is 13.5. The normalized spacial score (nSPS) is 12.9. The van der Waals surface area contributed by atoms with Crippen LogP contribution in [0.3, 0.4) is 0 Å². The number of nitrogens with zero attached hydrogens (tertiary/aromatic N) is 2. The zero-order chi connectivity index (χ0) is 13.8. The van der Waals surface area contributed by atoms with Gasteiger partial charge in [0.25, 0.3) is 0 Å². The van der Waals surface area contributed by atoms with Crippen molar-refractivity contribution in [1.82, 2.24) is 10.1 Å². The molecule has 0 aliphatic rings. The highest BCUT2D eigenvalue weighted by Crippen LogP contribution is 2.18. The number of aromatic nitrogens is 2. The Morgan fingerprint density at radius 3 is 2.74 bits per heavy atom. The average molecular weight is 263 g/mol. The molecule has 1 unspecified atom stereocenters. The number of nitrogens with two attached hydrogens (primary N) is 1. The summed E-state index contributed by atoms with van der Waals surface area (Å²) in [6.45, 7) is 4.16. The van der Waals surface area contributed by atoms with E-state index in [2.05, 4.69) is 24.0 Å². The first-order valence-electron chi connectivity index (χ1n) is 6.37. The SMILES string of the molecule is CC(C)CC(N)c1nc(Cc2ccccc2F)no1. The van der Waals surface area contributed by atoms with Crippen LogP contribution in [-0.2, 0) is 6.42 Å². The van der Waals surface area contributed by atoms with Crippen molar-refractivity contribution >= 4 is 0 Å². The maximum atomic E-state index is 13.5. The van der Waals surface area contributed by atoms with E-state index in [4.69, 9.17) is 10.3 Å². The summed E-state index contributed by atoms with van der Waals surface area (Å²) in [6, 6.07) is 6.30. The van der Waals surface area contributed by atoms with Gasteiger partial charge in [-0.15, -0.1) is 0 Å². The van der Waals surface area contributed by atoms with E-state index >= 15 is 0 Å². The third-order valence-electron chi connectivity index (χ3n) is 2.83. The molecule has 0 radical (unpaired) electrons. The summed E-state index contributed by atoms with van der Waals surface area (Å²) < 4.78 is 18.6. The van der Waals surface area contributed by atoms with Crippen molar-refractivity contribution in [3.05, 3.63) is 47.4 Å². The fraction of sp³-hybridized carbons (Fsp3) is 0.429. The molecular weight excluding hydrogens is 245 g/mol. The van der Waals surface area contributed by atoms with Gasteiger partial charge < -0.3 is 10.3 Å². The summed E-state index contributed by atoms with van der Waals surface area (Å²) in [7, 11) is 0. The largest absolute Gasteiger partial charge is 0.338 e. The molecule has 5 heteroatoms. The van der Waals surface area contributed by atoms with Gasteiger partial charge in [-0.3, -0.25) is 0 Å². The Balaban J connectivity index is 2.07. The summed E-state index contributed by atoms with van der Waals surface area (Å²) in [5, 5.41) is 3.85. The number of benzene rings is 1. The second kappa shape index (κ2) is 5.93. The second-order valence-corrected chi connectivity index (χ2v) is 5.05. The molecule has 102 valence electrons. The van der Waals surface area contributed by atoms with E-state index in [1.807, 2.05) is 0 Å². The third-order valence-corrected chi connectivity index (χ3v) is 2.83. The molecule has 19 heavy (non-hydrogen) atoms. The quantitative estimate of drug-likeness (QED) is 0.900. The van der Waals surface area contributed by atoms with Crippen LogP contribution in [0.1, 0.15) is 43.6 Å². The lowest BCUT2D eigenvalue weighted by atomic mass is 10.0. The van der Waals surface area contributed by atoms with Crippen LogP contribution in [0.15, 0.2) is 28.8 Å². The molecule has 1 aromatic heterocycles. The fourth-order valence-corrected chi connectivity index (χ4v) is 1.91. The van der Waals surface area contributed by atoms with E-state index < -0.39 is 0 Å². The number of halogens is 1. The average Bonchev–Trinajstić information content (AvgIpc) is 2.80. The van der Waals surface area contributed by atoms with Crippen LogP contribution in [0.25, 0.3) is 0 Å². The van der Waals surface area contributed by atoms with Crippen LogP contribution in [0, 0.1) is 11.7 Å². The van der Waals surface area contributed by atoms with Crippen molar-refractivity contribution in [2.24, 2.45) is 11.7 Å². The lowest BCUT2D eigenvalue weighted by molar-refractivity contribution is 0.332. The standard InChI is InChI=1S/C14H18FN3O/c1-9(2)7-12(16)14-17-13(18-19-14)8-10-5-3-4-6-11(10)15/h3-6,9,12H,7-8,16H2,1-2H3. The van der Waals surface area contributed by atoms with Crippen molar-refractivity contribution in [3.63, 3.8) is 0 Å². The van der Waals surface area contributed by atoms with Crippen LogP contribution < -0.4 is 5.73 Å². The zero-order valence-electron chi connectivity index (χ0n) is 11.1. The van der Waals surface area contributed by atoms with E-state index in [0.29, 0.717) is 29.6 Å². The Labute approximate surface area is 111 Å². The molecule has 2 rings (SSSR count). The van der Waals surface area contributed by atoms with Gasteiger partial charge in [0.1, 0.15) is 5.82 Å². The smallest absolute Gasteiger partial charge is 0.243 e. The third kappa shape index (κ3) is 3.61. The molecule has 0 aliphatic carbocycles. The van der Waals surface area contributed by atoms with Gasteiger partial charge in [0.05, 0.1) is 6.04 Å².